The van der Waals surface area contributed by atoms with E-state index in [1.54, 1.807) is 18.2 Å². The maximum Gasteiger partial charge on any atom is 0.229 e. The Morgan fingerprint density at radius 3 is 2.53 bits per heavy atom. The number of halogens is 1. The molecule has 2 rings (SSSR count). The summed E-state index contributed by atoms with van der Waals surface area (Å²) >= 11 is 5.79. The van der Waals surface area contributed by atoms with Gasteiger partial charge in [0.2, 0.25) is 6.29 Å². The second-order valence-electron chi connectivity index (χ2n) is 4.27. The van der Waals surface area contributed by atoms with Crippen LogP contribution in [0.2, 0.25) is 5.02 Å². The van der Waals surface area contributed by atoms with Crippen molar-refractivity contribution in [3.8, 4) is 5.75 Å². The van der Waals surface area contributed by atoms with Crippen LogP contribution in [0.5, 0.6) is 5.75 Å². The van der Waals surface area contributed by atoms with Gasteiger partial charge in [-0.25, -0.2) is 0 Å². The van der Waals surface area contributed by atoms with E-state index in [1.165, 1.54) is 6.07 Å². The first-order valence-electron chi connectivity index (χ1n) is 5.75. The van der Waals surface area contributed by atoms with E-state index >= 15 is 0 Å². The number of benzene rings is 1. The molecule has 1 aliphatic heterocycles. The number of hydrogen-bond acceptors (Lipinski definition) is 6. The van der Waals surface area contributed by atoms with E-state index < -0.39 is 37.3 Å². The smallest absolute Gasteiger partial charge is 0.229 e. The molecular formula is C12H15ClO6. The van der Waals surface area contributed by atoms with Gasteiger partial charge in [-0.2, -0.15) is 0 Å². The van der Waals surface area contributed by atoms with Crippen molar-refractivity contribution in [2.45, 2.75) is 30.7 Å². The van der Waals surface area contributed by atoms with Gasteiger partial charge in [0.1, 0.15) is 30.2 Å². The molecule has 1 fully saturated rings. The lowest BCUT2D eigenvalue weighted by Crippen LogP contribution is -2.60. The molecule has 0 unspecified atom stereocenters. The largest absolute Gasteiger partial charge is 0.462 e. The normalized spacial score (nSPS) is 35.1. The van der Waals surface area contributed by atoms with Crippen LogP contribution in [-0.2, 0) is 4.74 Å². The molecule has 1 aliphatic rings. The van der Waals surface area contributed by atoms with Gasteiger partial charge in [-0.05, 0) is 18.2 Å². The number of ether oxygens (including phenoxy) is 2. The molecule has 0 aliphatic carbocycles. The Balaban J connectivity index is 2.10. The Morgan fingerprint density at radius 2 is 1.89 bits per heavy atom. The Morgan fingerprint density at radius 1 is 1.16 bits per heavy atom. The summed E-state index contributed by atoms with van der Waals surface area (Å²) in [6, 6.07) is 6.43. The topological polar surface area (TPSA) is 99.4 Å². The van der Waals surface area contributed by atoms with Gasteiger partial charge < -0.3 is 29.9 Å². The van der Waals surface area contributed by atoms with E-state index in [1.807, 2.05) is 0 Å². The second kappa shape index (κ2) is 6.04. The number of hydrogen-bond donors (Lipinski definition) is 4. The molecule has 5 atom stereocenters. The van der Waals surface area contributed by atoms with Crippen molar-refractivity contribution in [1.82, 2.24) is 0 Å². The predicted molar refractivity (Wildman–Crippen MR) is 65.8 cm³/mol. The van der Waals surface area contributed by atoms with E-state index in [-0.39, 0.29) is 0 Å². The Hall–Kier alpha value is -0.890. The van der Waals surface area contributed by atoms with Crippen LogP contribution in [0.25, 0.3) is 0 Å². The molecule has 0 aromatic heterocycles. The van der Waals surface area contributed by atoms with Gasteiger partial charge in [-0.15, -0.1) is 0 Å². The summed E-state index contributed by atoms with van der Waals surface area (Å²) in [5.41, 5.74) is 0. The van der Waals surface area contributed by atoms with Gasteiger partial charge in [0, 0.05) is 5.02 Å². The third-order valence-electron chi connectivity index (χ3n) is 2.90. The predicted octanol–water partition coefficient (Wildman–Crippen LogP) is -0.481. The van der Waals surface area contributed by atoms with E-state index in [9.17, 15) is 15.3 Å². The maximum atomic E-state index is 9.78. The summed E-state index contributed by atoms with van der Waals surface area (Å²) in [5, 5.41) is 38.5. The number of rotatable bonds is 3. The maximum absolute atomic E-state index is 9.78. The van der Waals surface area contributed by atoms with Crippen molar-refractivity contribution < 1.29 is 29.9 Å². The molecular weight excluding hydrogens is 276 g/mol. The monoisotopic (exact) mass is 290 g/mol. The van der Waals surface area contributed by atoms with Crippen LogP contribution in [0.4, 0.5) is 0 Å². The Labute approximate surface area is 114 Å². The molecule has 19 heavy (non-hydrogen) atoms. The summed E-state index contributed by atoms with van der Waals surface area (Å²) in [6.45, 7) is -0.500. The third-order valence-corrected chi connectivity index (χ3v) is 3.13. The van der Waals surface area contributed by atoms with Crippen LogP contribution in [-0.4, -0.2) is 57.7 Å². The summed E-state index contributed by atoms with van der Waals surface area (Å²) in [6.07, 6.45) is -6.50. The lowest BCUT2D eigenvalue weighted by atomic mass is 9.99. The lowest BCUT2D eigenvalue weighted by Gasteiger charge is -2.39. The van der Waals surface area contributed by atoms with Gasteiger partial charge in [0.25, 0.3) is 0 Å². The average molecular weight is 291 g/mol. The minimum atomic E-state index is -1.46. The van der Waals surface area contributed by atoms with Gasteiger partial charge >= 0.3 is 0 Å². The fourth-order valence-corrected chi connectivity index (χ4v) is 2.02. The zero-order valence-electron chi connectivity index (χ0n) is 9.89. The summed E-state index contributed by atoms with van der Waals surface area (Å²) in [7, 11) is 0. The molecule has 6 nitrogen and oxygen atoms in total. The number of aliphatic hydroxyl groups is 4. The number of aliphatic hydroxyl groups excluding tert-OH is 4. The molecule has 0 saturated carbocycles. The van der Waals surface area contributed by atoms with Gasteiger partial charge in [0.05, 0.1) is 6.61 Å². The van der Waals surface area contributed by atoms with Crippen LogP contribution in [0.1, 0.15) is 0 Å². The molecule has 0 amide bonds. The van der Waals surface area contributed by atoms with Crippen LogP contribution < -0.4 is 4.74 Å². The fourth-order valence-electron chi connectivity index (χ4n) is 1.84. The van der Waals surface area contributed by atoms with E-state index in [0.29, 0.717) is 10.8 Å². The third kappa shape index (κ3) is 3.17. The average Bonchev–Trinajstić information content (AvgIpc) is 2.39. The van der Waals surface area contributed by atoms with Crippen LogP contribution >= 0.6 is 11.6 Å². The highest BCUT2D eigenvalue weighted by molar-refractivity contribution is 6.30. The molecule has 7 heteroatoms. The van der Waals surface area contributed by atoms with Gasteiger partial charge in [0.15, 0.2) is 0 Å². The second-order valence-corrected chi connectivity index (χ2v) is 4.71. The highest BCUT2D eigenvalue weighted by Crippen LogP contribution is 2.25. The molecule has 0 radical (unpaired) electrons. The molecule has 1 aromatic rings. The van der Waals surface area contributed by atoms with E-state index in [4.69, 9.17) is 26.2 Å². The first-order chi connectivity index (χ1) is 9.02. The lowest BCUT2D eigenvalue weighted by molar-refractivity contribution is -0.277. The minimum absolute atomic E-state index is 0.344. The van der Waals surface area contributed by atoms with Crippen molar-refractivity contribution in [3.05, 3.63) is 29.3 Å². The van der Waals surface area contributed by atoms with Crippen molar-refractivity contribution in [1.29, 1.82) is 0 Å². The zero-order valence-corrected chi connectivity index (χ0v) is 10.6. The molecule has 1 heterocycles. The summed E-state index contributed by atoms with van der Waals surface area (Å²) in [4.78, 5) is 0. The summed E-state index contributed by atoms with van der Waals surface area (Å²) < 4.78 is 10.6. The van der Waals surface area contributed by atoms with Crippen molar-refractivity contribution in [2.24, 2.45) is 0 Å². The zero-order chi connectivity index (χ0) is 14.0. The standard InChI is InChI=1S/C12H15ClO6/c13-6-2-1-3-7(4-6)18-12-11(17)10(16)9(15)8(5-14)19-12/h1-4,8-12,14-17H,5H2/t8-,9-,10+,11-,12-/m1/s1. The molecule has 1 aromatic carbocycles. The van der Waals surface area contributed by atoms with Crippen LogP contribution in [0.15, 0.2) is 24.3 Å². The Bertz CT molecular complexity index is 426. The molecule has 106 valence electrons. The van der Waals surface area contributed by atoms with Gasteiger partial charge in [-0.3, -0.25) is 0 Å². The highest BCUT2D eigenvalue weighted by Gasteiger charge is 2.44. The van der Waals surface area contributed by atoms with Gasteiger partial charge in [-0.1, -0.05) is 17.7 Å². The molecule has 4 N–H and O–H groups in total. The summed E-state index contributed by atoms with van der Waals surface area (Å²) in [5.74, 6) is 0.344. The molecule has 0 bridgehead atoms. The van der Waals surface area contributed by atoms with E-state index in [2.05, 4.69) is 0 Å². The van der Waals surface area contributed by atoms with Crippen LogP contribution in [0.3, 0.4) is 0 Å². The van der Waals surface area contributed by atoms with Crippen molar-refractivity contribution >= 4 is 11.6 Å². The highest BCUT2D eigenvalue weighted by atomic mass is 35.5. The first kappa shape index (κ1) is 14.5. The Kier molecular flexibility index (Phi) is 4.62. The molecule has 1 saturated heterocycles. The first-order valence-corrected chi connectivity index (χ1v) is 6.13. The van der Waals surface area contributed by atoms with Crippen LogP contribution in [0, 0.1) is 0 Å². The SMILES string of the molecule is OC[C@H]1O[C@@H](Oc2cccc(Cl)c2)[C@H](O)[C@@H](O)[C@@H]1O. The van der Waals surface area contributed by atoms with E-state index in [0.717, 1.165) is 0 Å². The fraction of sp³-hybridized carbons (Fsp3) is 0.500. The van der Waals surface area contributed by atoms with Crippen molar-refractivity contribution in [2.75, 3.05) is 6.61 Å². The minimum Gasteiger partial charge on any atom is -0.462 e. The van der Waals surface area contributed by atoms with Crippen molar-refractivity contribution in [3.63, 3.8) is 0 Å². The quantitative estimate of drug-likeness (QED) is 0.600. The molecule has 0 spiro atoms.